The molecule has 0 atom stereocenters. The molecular formula is C20H19F3N6S. The van der Waals surface area contributed by atoms with Crippen LogP contribution in [0, 0.1) is 0 Å². The molecule has 0 spiro atoms. The second-order valence-corrected chi connectivity index (χ2v) is 7.44. The maximum Gasteiger partial charge on any atom is 0.418 e. The molecule has 6 nitrogen and oxygen atoms in total. The largest absolute Gasteiger partial charge is 0.418 e. The Bertz CT molecular complexity index is 1030. The molecule has 0 aliphatic carbocycles. The van der Waals surface area contributed by atoms with E-state index in [0.717, 1.165) is 31.3 Å². The van der Waals surface area contributed by atoms with E-state index in [1.807, 2.05) is 18.2 Å². The number of hydrogen-bond acceptors (Lipinski definition) is 7. The van der Waals surface area contributed by atoms with Crippen molar-refractivity contribution in [3.05, 3.63) is 54.2 Å². The lowest BCUT2D eigenvalue weighted by molar-refractivity contribution is -0.137. The molecule has 3 N–H and O–H groups in total. The molecule has 4 bridgehead atoms. The van der Waals surface area contributed by atoms with E-state index in [9.17, 15) is 13.2 Å². The van der Waals surface area contributed by atoms with Gasteiger partial charge in [0.15, 0.2) is 0 Å². The van der Waals surface area contributed by atoms with Gasteiger partial charge in [-0.1, -0.05) is 6.07 Å². The van der Waals surface area contributed by atoms with Crippen molar-refractivity contribution in [1.82, 2.24) is 15.0 Å². The lowest BCUT2D eigenvalue weighted by Crippen LogP contribution is -2.12. The van der Waals surface area contributed by atoms with Gasteiger partial charge in [0.05, 0.1) is 11.3 Å². The molecule has 0 aromatic carbocycles. The Balaban J connectivity index is 1.76. The highest BCUT2D eigenvalue weighted by Crippen LogP contribution is 2.39. The molecule has 4 heterocycles. The van der Waals surface area contributed by atoms with E-state index in [1.165, 1.54) is 18.0 Å². The average molecular weight is 432 g/mol. The lowest BCUT2D eigenvalue weighted by atomic mass is 10.1. The molecule has 4 rings (SSSR count). The summed E-state index contributed by atoms with van der Waals surface area (Å²) in [7, 11) is 0. The number of nitrogens with zero attached hydrogens (tertiary/aromatic N) is 3. The van der Waals surface area contributed by atoms with Crippen LogP contribution in [0.4, 0.5) is 30.6 Å². The molecule has 10 heteroatoms. The summed E-state index contributed by atoms with van der Waals surface area (Å²) in [5.74, 6) is 1.42. The fourth-order valence-corrected chi connectivity index (χ4v) is 3.65. The smallest absolute Gasteiger partial charge is 0.370 e. The summed E-state index contributed by atoms with van der Waals surface area (Å²) < 4.78 is 44.0. The van der Waals surface area contributed by atoms with Gasteiger partial charge in [0.25, 0.3) is 0 Å². The van der Waals surface area contributed by atoms with Crippen LogP contribution >= 0.6 is 11.9 Å². The first kappa shape index (κ1) is 20.3. The molecule has 0 radical (unpaired) electrons. The van der Waals surface area contributed by atoms with Crippen molar-refractivity contribution in [2.24, 2.45) is 0 Å². The fourth-order valence-electron chi connectivity index (χ4n) is 3.04. The Morgan fingerprint density at radius 1 is 0.867 bits per heavy atom. The summed E-state index contributed by atoms with van der Waals surface area (Å²) in [5, 5.41) is 7.11. The van der Waals surface area contributed by atoms with Crippen LogP contribution in [-0.4, -0.2) is 28.0 Å². The van der Waals surface area contributed by atoms with Gasteiger partial charge in [-0.15, -0.1) is 0 Å². The number of halogens is 3. The number of rotatable bonds is 0. The summed E-state index contributed by atoms with van der Waals surface area (Å²) in [4.78, 5) is 13.0. The standard InChI is InChI=1S/C20H19F3N6S/c21-20(22,23)14-8-9-16-28-18(14)13-5-4-12-26-19(13)25-11-2-1-10-24-15-6-3-7-17(27-15)30-29-16/h3-9,12H,1-2,10-11H2,(H,24,27)(H,25,26)(H,28,29). The monoisotopic (exact) mass is 432 g/mol. The molecule has 3 aromatic heterocycles. The van der Waals surface area contributed by atoms with Gasteiger partial charge in [-0.25, -0.2) is 15.0 Å². The molecule has 0 saturated heterocycles. The Morgan fingerprint density at radius 3 is 2.53 bits per heavy atom. The first-order valence-corrected chi connectivity index (χ1v) is 10.2. The molecule has 156 valence electrons. The second kappa shape index (κ2) is 8.78. The Morgan fingerprint density at radius 2 is 1.70 bits per heavy atom. The number of anilines is 3. The summed E-state index contributed by atoms with van der Waals surface area (Å²) in [5.41, 5.74) is -0.664. The van der Waals surface area contributed by atoms with Gasteiger partial charge in [0.2, 0.25) is 0 Å². The van der Waals surface area contributed by atoms with Crippen LogP contribution in [0.5, 0.6) is 0 Å². The van der Waals surface area contributed by atoms with Crippen molar-refractivity contribution >= 4 is 29.4 Å². The highest BCUT2D eigenvalue weighted by atomic mass is 32.2. The predicted octanol–water partition coefficient (Wildman–Crippen LogP) is 5.29. The maximum atomic E-state index is 13.7. The summed E-state index contributed by atoms with van der Waals surface area (Å²) >= 11 is 1.19. The van der Waals surface area contributed by atoms with Crippen LogP contribution in [0.2, 0.25) is 0 Å². The molecule has 30 heavy (non-hydrogen) atoms. The maximum absolute atomic E-state index is 13.7. The molecule has 3 aromatic rings. The van der Waals surface area contributed by atoms with E-state index in [2.05, 4.69) is 30.3 Å². The minimum Gasteiger partial charge on any atom is -0.370 e. The third kappa shape index (κ3) is 4.76. The zero-order valence-corrected chi connectivity index (χ0v) is 16.6. The molecule has 1 aliphatic rings. The zero-order chi connectivity index (χ0) is 21.0. The molecular weight excluding hydrogens is 413 g/mol. The Labute approximate surface area is 175 Å². The van der Waals surface area contributed by atoms with Crippen molar-refractivity contribution in [2.75, 3.05) is 28.4 Å². The molecule has 0 saturated carbocycles. The average Bonchev–Trinajstić information content (AvgIpc) is 2.74. The van der Waals surface area contributed by atoms with E-state index in [0.29, 0.717) is 28.8 Å². The first-order chi connectivity index (χ1) is 14.5. The summed E-state index contributed by atoms with van der Waals surface area (Å²) in [6.07, 6.45) is -1.30. The number of fused-ring (bicyclic) bond motifs is 6. The fraction of sp³-hybridized carbons (Fsp3) is 0.250. The van der Waals surface area contributed by atoms with Gasteiger partial charge >= 0.3 is 6.18 Å². The van der Waals surface area contributed by atoms with Crippen LogP contribution in [0.15, 0.2) is 53.7 Å². The Hall–Kier alpha value is -3.01. The minimum absolute atomic E-state index is 0.167. The first-order valence-electron chi connectivity index (χ1n) is 9.42. The van der Waals surface area contributed by atoms with Crippen molar-refractivity contribution in [2.45, 2.75) is 24.0 Å². The van der Waals surface area contributed by atoms with Crippen molar-refractivity contribution in [1.29, 1.82) is 0 Å². The third-order valence-corrected chi connectivity index (χ3v) is 5.20. The van der Waals surface area contributed by atoms with Gasteiger partial charge in [-0.3, -0.25) is 0 Å². The highest BCUT2D eigenvalue weighted by Gasteiger charge is 2.35. The number of pyridine rings is 3. The Kier molecular flexibility index (Phi) is 5.93. The van der Waals surface area contributed by atoms with Crippen LogP contribution in [-0.2, 0) is 6.18 Å². The summed E-state index contributed by atoms with van der Waals surface area (Å²) in [6.45, 7) is 1.32. The molecule has 0 amide bonds. The van der Waals surface area contributed by atoms with E-state index in [-0.39, 0.29) is 5.69 Å². The van der Waals surface area contributed by atoms with E-state index in [4.69, 9.17) is 0 Å². The van der Waals surface area contributed by atoms with Crippen LogP contribution < -0.4 is 15.4 Å². The van der Waals surface area contributed by atoms with Crippen molar-refractivity contribution in [3.8, 4) is 11.3 Å². The topological polar surface area (TPSA) is 74.8 Å². The number of alkyl halides is 3. The number of aromatic nitrogens is 3. The normalized spacial score (nSPS) is 14.6. The zero-order valence-electron chi connectivity index (χ0n) is 15.8. The van der Waals surface area contributed by atoms with Crippen LogP contribution in [0.1, 0.15) is 18.4 Å². The quantitative estimate of drug-likeness (QED) is 0.417. The van der Waals surface area contributed by atoms with Gasteiger partial charge in [-0.2, -0.15) is 13.2 Å². The SMILES string of the molecule is FC(F)(F)c1ccc2nc1-c1cccnc1NCCCCNc1cccc(n1)SN2. The van der Waals surface area contributed by atoms with Crippen LogP contribution in [0.25, 0.3) is 11.3 Å². The minimum atomic E-state index is -4.54. The van der Waals surface area contributed by atoms with Gasteiger partial charge in [0.1, 0.15) is 22.5 Å². The van der Waals surface area contributed by atoms with Crippen LogP contribution in [0.3, 0.4) is 0 Å². The van der Waals surface area contributed by atoms with E-state index >= 15 is 0 Å². The van der Waals surface area contributed by atoms with Gasteiger partial charge < -0.3 is 15.4 Å². The summed E-state index contributed by atoms with van der Waals surface area (Å²) in [6, 6.07) is 11.1. The molecule has 1 aliphatic heterocycles. The van der Waals surface area contributed by atoms with E-state index in [1.54, 1.807) is 18.3 Å². The predicted molar refractivity (Wildman–Crippen MR) is 112 cm³/mol. The lowest BCUT2D eigenvalue weighted by Gasteiger charge is -2.17. The number of hydrogen-bond donors (Lipinski definition) is 3. The van der Waals surface area contributed by atoms with E-state index < -0.39 is 11.7 Å². The van der Waals surface area contributed by atoms with Crippen molar-refractivity contribution in [3.63, 3.8) is 0 Å². The third-order valence-electron chi connectivity index (χ3n) is 4.45. The molecule has 0 fully saturated rings. The van der Waals surface area contributed by atoms with Crippen molar-refractivity contribution < 1.29 is 13.2 Å². The highest BCUT2D eigenvalue weighted by molar-refractivity contribution is 8.00. The number of nitrogens with one attached hydrogen (secondary N) is 3. The van der Waals surface area contributed by atoms with Gasteiger partial charge in [-0.05, 0) is 49.2 Å². The van der Waals surface area contributed by atoms with Gasteiger partial charge in [0, 0.05) is 36.8 Å². The second-order valence-electron chi connectivity index (χ2n) is 6.62. The molecule has 0 unspecified atom stereocenters.